The second-order valence-electron chi connectivity index (χ2n) is 5.91. The number of rotatable bonds is 4. The van der Waals surface area contributed by atoms with Gasteiger partial charge in [0.1, 0.15) is 0 Å². The predicted octanol–water partition coefficient (Wildman–Crippen LogP) is 3.82. The number of thiophene rings is 1. The van der Waals surface area contributed by atoms with Gasteiger partial charge in [0, 0.05) is 34.6 Å². The Hall–Kier alpha value is -1.85. The average Bonchev–Trinajstić information content (AvgIpc) is 3.10. The van der Waals surface area contributed by atoms with E-state index in [1.54, 1.807) is 35.6 Å². The van der Waals surface area contributed by atoms with Gasteiger partial charge in [0.2, 0.25) is 11.8 Å². The van der Waals surface area contributed by atoms with Crippen molar-refractivity contribution in [1.29, 1.82) is 0 Å². The van der Waals surface area contributed by atoms with Crippen LogP contribution in [-0.4, -0.2) is 29.8 Å². The zero-order chi connectivity index (χ0) is 16.9. The molecular formula is C18H19ClN2O2S. The van der Waals surface area contributed by atoms with Crippen molar-refractivity contribution in [2.45, 2.75) is 19.3 Å². The van der Waals surface area contributed by atoms with Gasteiger partial charge in [-0.05, 0) is 48.6 Å². The van der Waals surface area contributed by atoms with Crippen LogP contribution >= 0.6 is 22.9 Å². The molecule has 2 aromatic rings. The maximum atomic E-state index is 12.3. The van der Waals surface area contributed by atoms with E-state index >= 15 is 0 Å². The van der Waals surface area contributed by atoms with E-state index in [4.69, 9.17) is 11.6 Å². The number of likely N-dealkylation sites (tertiary alicyclic amines) is 1. The number of hydrogen-bond acceptors (Lipinski definition) is 3. The summed E-state index contributed by atoms with van der Waals surface area (Å²) < 4.78 is 0. The monoisotopic (exact) mass is 362 g/mol. The molecule has 4 nitrogen and oxygen atoms in total. The molecule has 3 rings (SSSR count). The smallest absolute Gasteiger partial charge is 0.227 e. The number of halogens is 1. The first kappa shape index (κ1) is 17.0. The van der Waals surface area contributed by atoms with Crippen LogP contribution in [0.15, 0.2) is 41.8 Å². The van der Waals surface area contributed by atoms with E-state index in [1.807, 2.05) is 22.4 Å². The van der Waals surface area contributed by atoms with E-state index in [-0.39, 0.29) is 17.7 Å². The summed E-state index contributed by atoms with van der Waals surface area (Å²) in [4.78, 5) is 27.6. The van der Waals surface area contributed by atoms with Gasteiger partial charge in [-0.2, -0.15) is 0 Å². The number of nitrogens with one attached hydrogen (secondary N) is 1. The van der Waals surface area contributed by atoms with E-state index in [9.17, 15) is 9.59 Å². The highest BCUT2D eigenvalue weighted by atomic mass is 35.5. The van der Waals surface area contributed by atoms with Gasteiger partial charge in [-0.3, -0.25) is 9.59 Å². The van der Waals surface area contributed by atoms with Crippen LogP contribution in [0.25, 0.3) is 0 Å². The summed E-state index contributed by atoms with van der Waals surface area (Å²) in [7, 11) is 0. The summed E-state index contributed by atoms with van der Waals surface area (Å²) in [6.45, 7) is 1.28. The molecule has 2 amide bonds. The fourth-order valence-electron chi connectivity index (χ4n) is 2.84. The van der Waals surface area contributed by atoms with Gasteiger partial charge in [0.15, 0.2) is 0 Å². The maximum absolute atomic E-state index is 12.3. The standard InChI is InChI=1S/C18H19ClN2O2S/c19-14-3-5-15(6-4-14)20-18(23)13-7-9-21(10-8-13)17(22)12-16-2-1-11-24-16/h1-6,11,13H,7-10,12H2,(H,20,23). The Morgan fingerprint density at radius 3 is 2.50 bits per heavy atom. The molecule has 24 heavy (non-hydrogen) atoms. The Kier molecular flexibility index (Phi) is 5.53. The van der Waals surface area contributed by atoms with E-state index in [2.05, 4.69) is 5.32 Å². The Morgan fingerprint density at radius 1 is 1.17 bits per heavy atom. The first-order valence-corrected chi connectivity index (χ1v) is 9.24. The highest BCUT2D eigenvalue weighted by molar-refractivity contribution is 7.10. The molecule has 1 aliphatic heterocycles. The lowest BCUT2D eigenvalue weighted by Crippen LogP contribution is -2.42. The summed E-state index contributed by atoms with van der Waals surface area (Å²) in [6, 6.07) is 11.0. The molecule has 0 unspecified atom stereocenters. The highest BCUT2D eigenvalue weighted by Gasteiger charge is 2.27. The normalized spacial score (nSPS) is 15.3. The summed E-state index contributed by atoms with van der Waals surface area (Å²) in [5.41, 5.74) is 0.751. The number of anilines is 1. The van der Waals surface area contributed by atoms with Crippen molar-refractivity contribution in [3.05, 3.63) is 51.7 Å². The molecule has 1 fully saturated rings. The van der Waals surface area contributed by atoms with Gasteiger partial charge in [-0.1, -0.05) is 17.7 Å². The SMILES string of the molecule is O=C(Nc1ccc(Cl)cc1)C1CCN(C(=O)Cc2cccs2)CC1. The highest BCUT2D eigenvalue weighted by Crippen LogP contribution is 2.21. The van der Waals surface area contributed by atoms with Crippen molar-refractivity contribution in [1.82, 2.24) is 4.90 Å². The minimum Gasteiger partial charge on any atom is -0.342 e. The third kappa shape index (κ3) is 4.36. The molecule has 0 aliphatic carbocycles. The van der Waals surface area contributed by atoms with Gasteiger partial charge in [-0.15, -0.1) is 11.3 Å². The number of nitrogens with zero attached hydrogens (tertiary/aromatic N) is 1. The predicted molar refractivity (Wildman–Crippen MR) is 97.4 cm³/mol. The molecule has 126 valence electrons. The first-order chi connectivity index (χ1) is 11.6. The number of carbonyl (C=O) groups excluding carboxylic acids is 2. The minimum absolute atomic E-state index is 0.0164. The molecule has 0 atom stereocenters. The van der Waals surface area contributed by atoms with E-state index in [1.165, 1.54) is 0 Å². The van der Waals surface area contributed by atoms with Crippen molar-refractivity contribution in [3.63, 3.8) is 0 Å². The van der Waals surface area contributed by atoms with Gasteiger partial charge in [0.25, 0.3) is 0 Å². The van der Waals surface area contributed by atoms with Crippen LogP contribution in [0.1, 0.15) is 17.7 Å². The topological polar surface area (TPSA) is 49.4 Å². The molecule has 6 heteroatoms. The summed E-state index contributed by atoms with van der Waals surface area (Å²) >= 11 is 7.45. The summed E-state index contributed by atoms with van der Waals surface area (Å²) in [6.07, 6.45) is 1.87. The van der Waals surface area contributed by atoms with Crippen molar-refractivity contribution >= 4 is 40.4 Å². The third-order valence-corrected chi connectivity index (χ3v) is 5.36. The van der Waals surface area contributed by atoms with E-state index in [0.29, 0.717) is 37.4 Å². The number of benzene rings is 1. The average molecular weight is 363 g/mol. The Labute approximate surface area is 150 Å². The van der Waals surface area contributed by atoms with E-state index in [0.717, 1.165) is 10.6 Å². The molecule has 0 spiro atoms. The molecule has 1 aromatic heterocycles. The van der Waals surface area contributed by atoms with Crippen LogP contribution in [0.5, 0.6) is 0 Å². The summed E-state index contributed by atoms with van der Waals surface area (Å²) in [5.74, 6) is 0.114. The van der Waals surface area contributed by atoms with Crippen LogP contribution < -0.4 is 5.32 Å². The minimum atomic E-state index is -0.0496. The quantitative estimate of drug-likeness (QED) is 0.898. The van der Waals surface area contributed by atoms with E-state index < -0.39 is 0 Å². The van der Waals surface area contributed by atoms with Crippen LogP contribution in [0.2, 0.25) is 5.02 Å². The largest absolute Gasteiger partial charge is 0.342 e. The first-order valence-electron chi connectivity index (χ1n) is 7.98. The molecular weight excluding hydrogens is 344 g/mol. The van der Waals surface area contributed by atoms with Crippen LogP contribution in [0, 0.1) is 5.92 Å². The third-order valence-electron chi connectivity index (χ3n) is 4.24. The van der Waals surface area contributed by atoms with Crippen molar-refractivity contribution in [3.8, 4) is 0 Å². The Balaban J connectivity index is 1.48. The van der Waals surface area contributed by atoms with Gasteiger partial charge < -0.3 is 10.2 Å². The Bertz CT molecular complexity index is 692. The van der Waals surface area contributed by atoms with Crippen LogP contribution in [-0.2, 0) is 16.0 Å². The molecule has 1 aromatic carbocycles. The number of piperidine rings is 1. The molecule has 0 saturated carbocycles. The lowest BCUT2D eigenvalue weighted by molar-refractivity contribution is -0.133. The zero-order valence-corrected chi connectivity index (χ0v) is 14.8. The second-order valence-corrected chi connectivity index (χ2v) is 7.38. The Morgan fingerprint density at radius 2 is 1.88 bits per heavy atom. The molecule has 1 saturated heterocycles. The lowest BCUT2D eigenvalue weighted by atomic mass is 9.95. The maximum Gasteiger partial charge on any atom is 0.227 e. The number of hydrogen-bond donors (Lipinski definition) is 1. The lowest BCUT2D eigenvalue weighted by Gasteiger charge is -2.31. The van der Waals surface area contributed by atoms with Crippen molar-refractivity contribution in [2.24, 2.45) is 5.92 Å². The molecule has 1 N–H and O–H groups in total. The molecule has 0 radical (unpaired) electrons. The molecule has 0 bridgehead atoms. The second kappa shape index (κ2) is 7.81. The van der Waals surface area contributed by atoms with Crippen molar-refractivity contribution in [2.75, 3.05) is 18.4 Å². The van der Waals surface area contributed by atoms with Crippen LogP contribution in [0.3, 0.4) is 0 Å². The number of carbonyl (C=O) groups is 2. The zero-order valence-electron chi connectivity index (χ0n) is 13.2. The summed E-state index contributed by atoms with van der Waals surface area (Å²) in [5, 5.41) is 5.55. The molecule has 1 aliphatic rings. The van der Waals surface area contributed by atoms with Crippen LogP contribution in [0.4, 0.5) is 5.69 Å². The van der Waals surface area contributed by atoms with Gasteiger partial charge in [-0.25, -0.2) is 0 Å². The van der Waals surface area contributed by atoms with Crippen molar-refractivity contribution < 1.29 is 9.59 Å². The fraction of sp³-hybridized carbons (Fsp3) is 0.333. The molecule has 2 heterocycles. The van der Waals surface area contributed by atoms with Gasteiger partial charge in [0.05, 0.1) is 6.42 Å². The fourth-order valence-corrected chi connectivity index (χ4v) is 3.66. The number of amides is 2. The van der Waals surface area contributed by atoms with Gasteiger partial charge >= 0.3 is 0 Å².